The molecule has 0 saturated heterocycles. The number of carbonyl (C=O) groups excluding carboxylic acids is 1. The van der Waals surface area contributed by atoms with Crippen LogP contribution in [0.15, 0.2) is 23.1 Å². The van der Waals surface area contributed by atoms with Crippen LogP contribution in [-0.2, 0) is 11.3 Å². The fourth-order valence-corrected chi connectivity index (χ4v) is 2.25. The number of nitrogens with two attached hydrogens (primary N) is 1. The number of rotatable bonds is 3. The second-order valence-electron chi connectivity index (χ2n) is 3.30. The van der Waals surface area contributed by atoms with Crippen molar-refractivity contribution in [2.75, 3.05) is 17.7 Å². The molecule has 1 aliphatic heterocycles. The molecule has 5 heteroatoms. The van der Waals surface area contributed by atoms with Crippen LogP contribution >= 0.6 is 11.8 Å². The van der Waals surface area contributed by atoms with Gasteiger partial charge in [-0.1, -0.05) is 6.07 Å². The van der Waals surface area contributed by atoms with Crippen molar-refractivity contribution in [3.63, 3.8) is 0 Å². The van der Waals surface area contributed by atoms with Crippen LogP contribution in [0.3, 0.4) is 0 Å². The van der Waals surface area contributed by atoms with Gasteiger partial charge in [0.25, 0.3) is 0 Å². The smallest absolute Gasteiger partial charge is 0.234 e. The normalized spacial score (nSPS) is 14.6. The van der Waals surface area contributed by atoms with Gasteiger partial charge in [0.1, 0.15) is 0 Å². The van der Waals surface area contributed by atoms with Crippen LogP contribution in [0.4, 0.5) is 5.69 Å². The maximum atomic E-state index is 11.2. The van der Waals surface area contributed by atoms with Crippen molar-refractivity contribution in [3.05, 3.63) is 23.8 Å². The van der Waals surface area contributed by atoms with Gasteiger partial charge in [-0.3, -0.25) is 4.79 Å². The molecule has 0 bridgehead atoms. The van der Waals surface area contributed by atoms with E-state index in [1.165, 1.54) is 0 Å². The molecule has 0 saturated carbocycles. The molecule has 1 heterocycles. The maximum Gasteiger partial charge on any atom is 0.234 e. The Balaban J connectivity index is 2.17. The van der Waals surface area contributed by atoms with E-state index in [9.17, 15) is 4.79 Å². The van der Waals surface area contributed by atoms with Crippen molar-refractivity contribution in [1.82, 2.24) is 5.32 Å². The van der Waals surface area contributed by atoms with E-state index < -0.39 is 0 Å². The average molecular weight is 223 g/mol. The van der Waals surface area contributed by atoms with Crippen LogP contribution in [0, 0.1) is 0 Å². The van der Waals surface area contributed by atoms with E-state index in [-0.39, 0.29) is 5.91 Å². The molecular formula is C10H13N3OS. The number of fused-ring (bicyclic) bond motifs is 1. The molecule has 0 spiro atoms. The Morgan fingerprint density at radius 2 is 2.40 bits per heavy atom. The molecule has 80 valence electrons. The first-order valence-corrected chi connectivity index (χ1v) is 5.74. The largest absolute Gasteiger partial charge is 0.324 e. The lowest BCUT2D eigenvalue weighted by molar-refractivity contribution is -0.113. The summed E-state index contributed by atoms with van der Waals surface area (Å²) in [7, 11) is 0. The van der Waals surface area contributed by atoms with Gasteiger partial charge in [-0.2, -0.15) is 0 Å². The summed E-state index contributed by atoms with van der Waals surface area (Å²) in [6, 6.07) is 6.07. The first-order chi connectivity index (χ1) is 7.29. The summed E-state index contributed by atoms with van der Waals surface area (Å²) >= 11 is 1.57. The molecule has 0 fully saturated rings. The van der Waals surface area contributed by atoms with Crippen molar-refractivity contribution >= 4 is 23.4 Å². The highest BCUT2D eigenvalue weighted by molar-refractivity contribution is 8.00. The van der Waals surface area contributed by atoms with Gasteiger partial charge in [0.2, 0.25) is 5.91 Å². The van der Waals surface area contributed by atoms with Crippen LogP contribution in [-0.4, -0.2) is 18.3 Å². The lowest BCUT2D eigenvalue weighted by Crippen LogP contribution is -2.22. The first-order valence-electron chi connectivity index (χ1n) is 4.76. The van der Waals surface area contributed by atoms with E-state index >= 15 is 0 Å². The number of thioether (sulfide) groups is 1. The van der Waals surface area contributed by atoms with E-state index in [1.54, 1.807) is 11.8 Å². The third kappa shape index (κ3) is 2.50. The Kier molecular flexibility index (Phi) is 3.25. The summed E-state index contributed by atoms with van der Waals surface area (Å²) in [4.78, 5) is 12.3. The van der Waals surface area contributed by atoms with Crippen molar-refractivity contribution in [3.8, 4) is 0 Å². The van der Waals surface area contributed by atoms with E-state index in [0.29, 0.717) is 12.4 Å². The van der Waals surface area contributed by atoms with Crippen molar-refractivity contribution < 1.29 is 4.79 Å². The summed E-state index contributed by atoms with van der Waals surface area (Å²) in [5.41, 5.74) is 7.39. The molecule has 4 nitrogen and oxygen atoms in total. The van der Waals surface area contributed by atoms with Gasteiger partial charge >= 0.3 is 0 Å². The quantitative estimate of drug-likeness (QED) is 0.661. The molecule has 0 unspecified atom stereocenters. The monoisotopic (exact) mass is 223 g/mol. The Morgan fingerprint density at radius 3 is 3.20 bits per heavy atom. The third-order valence-corrected chi connectivity index (χ3v) is 3.22. The van der Waals surface area contributed by atoms with Gasteiger partial charge < -0.3 is 16.4 Å². The minimum Gasteiger partial charge on any atom is -0.324 e. The number of anilines is 1. The average Bonchev–Trinajstić information content (AvgIpc) is 2.25. The maximum absolute atomic E-state index is 11.2. The lowest BCUT2D eigenvalue weighted by Gasteiger charge is -2.17. The van der Waals surface area contributed by atoms with Gasteiger partial charge in [0.15, 0.2) is 0 Å². The number of hydrogen-bond donors (Lipinski definition) is 3. The van der Waals surface area contributed by atoms with Crippen LogP contribution in [0.5, 0.6) is 0 Å². The molecule has 1 aliphatic rings. The van der Waals surface area contributed by atoms with Crippen LogP contribution in [0.2, 0.25) is 0 Å². The molecule has 1 aromatic carbocycles. The van der Waals surface area contributed by atoms with E-state index in [1.807, 2.05) is 18.2 Å². The number of amides is 1. The summed E-state index contributed by atoms with van der Waals surface area (Å²) in [5.74, 6) is 0.573. The van der Waals surface area contributed by atoms with Crippen LogP contribution < -0.4 is 16.4 Å². The third-order valence-electron chi connectivity index (χ3n) is 2.15. The number of benzene rings is 1. The molecule has 0 atom stereocenters. The van der Waals surface area contributed by atoms with E-state index in [4.69, 9.17) is 5.73 Å². The predicted octanol–water partition coefficient (Wildman–Crippen LogP) is 0.737. The second kappa shape index (κ2) is 4.65. The van der Waals surface area contributed by atoms with Crippen molar-refractivity contribution in [2.24, 2.45) is 5.73 Å². The van der Waals surface area contributed by atoms with E-state index in [0.717, 1.165) is 22.7 Å². The molecule has 4 N–H and O–H groups in total. The predicted molar refractivity (Wildman–Crippen MR) is 61.7 cm³/mol. The Labute approximate surface area is 92.6 Å². The van der Waals surface area contributed by atoms with Gasteiger partial charge in [0, 0.05) is 18.1 Å². The number of hydrogen-bond acceptors (Lipinski definition) is 4. The SMILES string of the molecule is NCNCc1ccc2c(c1)NC(=O)CS2. The highest BCUT2D eigenvalue weighted by atomic mass is 32.2. The molecule has 0 aliphatic carbocycles. The summed E-state index contributed by atoms with van der Waals surface area (Å²) in [6.07, 6.45) is 0. The Morgan fingerprint density at radius 1 is 1.53 bits per heavy atom. The summed E-state index contributed by atoms with van der Waals surface area (Å²) < 4.78 is 0. The topological polar surface area (TPSA) is 67.2 Å². The zero-order valence-corrected chi connectivity index (χ0v) is 9.06. The number of carbonyl (C=O) groups is 1. The minimum atomic E-state index is 0.0661. The fourth-order valence-electron chi connectivity index (χ4n) is 1.46. The molecule has 15 heavy (non-hydrogen) atoms. The van der Waals surface area contributed by atoms with Crippen LogP contribution in [0.1, 0.15) is 5.56 Å². The van der Waals surface area contributed by atoms with Gasteiger partial charge in [0.05, 0.1) is 11.4 Å². The zero-order chi connectivity index (χ0) is 10.7. The summed E-state index contributed by atoms with van der Waals surface area (Å²) in [6.45, 7) is 1.18. The molecule has 0 aromatic heterocycles. The van der Waals surface area contributed by atoms with Gasteiger partial charge in [-0.15, -0.1) is 11.8 Å². The van der Waals surface area contributed by atoms with Crippen LogP contribution in [0.25, 0.3) is 0 Å². The molecule has 2 rings (SSSR count). The zero-order valence-electron chi connectivity index (χ0n) is 8.25. The standard InChI is InChI=1S/C10H13N3OS/c11-6-12-4-7-1-2-9-8(3-7)13-10(14)5-15-9/h1-3,12H,4-6,11H2,(H,13,14). The second-order valence-corrected chi connectivity index (χ2v) is 4.32. The van der Waals surface area contributed by atoms with E-state index in [2.05, 4.69) is 10.6 Å². The minimum absolute atomic E-state index is 0.0661. The molecule has 1 amide bonds. The molecule has 0 radical (unpaired) electrons. The highest BCUT2D eigenvalue weighted by Gasteiger charge is 2.14. The Hall–Kier alpha value is -1.04. The van der Waals surface area contributed by atoms with Crippen molar-refractivity contribution in [2.45, 2.75) is 11.4 Å². The Bertz CT molecular complexity index is 381. The summed E-state index contributed by atoms with van der Waals surface area (Å²) in [5, 5.41) is 5.90. The molecular weight excluding hydrogens is 210 g/mol. The van der Waals surface area contributed by atoms with Crippen molar-refractivity contribution in [1.29, 1.82) is 0 Å². The first kappa shape index (κ1) is 10.5. The number of nitrogens with one attached hydrogen (secondary N) is 2. The fraction of sp³-hybridized carbons (Fsp3) is 0.300. The highest BCUT2D eigenvalue weighted by Crippen LogP contribution is 2.31. The van der Waals surface area contributed by atoms with Gasteiger partial charge in [-0.05, 0) is 17.7 Å². The van der Waals surface area contributed by atoms with Gasteiger partial charge in [-0.25, -0.2) is 0 Å². The molecule has 1 aromatic rings. The lowest BCUT2D eigenvalue weighted by atomic mass is 10.2.